The Balaban J connectivity index is 1.87. The van der Waals surface area contributed by atoms with Gasteiger partial charge in [-0.1, -0.05) is 6.58 Å². The van der Waals surface area contributed by atoms with Crippen molar-refractivity contribution >= 4 is 5.91 Å². The second kappa shape index (κ2) is 3.83. The monoisotopic (exact) mass is 249 g/mol. The van der Waals surface area contributed by atoms with E-state index in [9.17, 15) is 4.79 Å². The summed E-state index contributed by atoms with van der Waals surface area (Å²) >= 11 is 0. The van der Waals surface area contributed by atoms with E-state index in [4.69, 9.17) is 4.74 Å². The average molecular weight is 249 g/mol. The predicted octanol–water partition coefficient (Wildman–Crippen LogP) is 2.37. The molecule has 3 rings (SSSR count). The highest BCUT2D eigenvalue weighted by atomic mass is 16.5. The highest BCUT2D eigenvalue weighted by Gasteiger charge is 2.57. The van der Waals surface area contributed by atoms with Crippen LogP contribution in [-0.2, 0) is 9.53 Å². The SMILES string of the molecule is C=CC(=O)N1CC(C)(C)OC2(CC3CCC2C3)C1. The van der Waals surface area contributed by atoms with Gasteiger partial charge in [0.25, 0.3) is 0 Å². The molecule has 1 saturated heterocycles. The summed E-state index contributed by atoms with van der Waals surface area (Å²) in [6.07, 6.45) is 6.50. The van der Waals surface area contributed by atoms with Crippen molar-refractivity contribution in [1.82, 2.24) is 4.90 Å². The number of carbonyl (C=O) groups excluding carboxylic acids is 1. The average Bonchev–Trinajstić information content (AvgIpc) is 2.85. The Hall–Kier alpha value is -0.830. The Morgan fingerprint density at radius 1 is 1.39 bits per heavy atom. The molecule has 1 amide bonds. The van der Waals surface area contributed by atoms with Crippen molar-refractivity contribution in [2.75, 3.05) is 13.1 Å². The molecule has 3 unspecified atom stereocenters. The van der Waals surface area contributed by atoms with Crippen LogP contribution in [-0.4, -0.2) is 35.1 Å². The van der Waals surface area contributed by atoms with Gasteiger partial charge in [0.1, 0.15) is 0 Å². The summed E-state index contributed by atoms with van der Waals surface area (Å²) in [6, 6.07) is 0. The minimum absolute atomic E-state index is 0.0496. The van der Waals surface area contributed by atoms with Crippen LogP contribution in [0.15, 0.2) is 12.7 Å². The van der Waals surface area contributed by atoms with Crippen LogP contribution in [0.2, 0.25) is 0 Å². The van der Waals surface area contributed by atoms with Crippen LogP contribution in [0.4, 0.5) is 0 Å². The summed E-state index contributed by atoms with van der Waals surface area (Å²) in [5.41, 5.74) is -0.301. The van der Waals surface area contributed by atoms with Gasteiger partial charge in [-0.3, -0.25) is 4.79 Å². The zero-order valence-electron chi connectivity index (χ0n) is 11.4. The Morgan fingerprint density at radius 2 is 2.17 bits per heavy atom. The van der Waals surface area contributed by atoms with Crippen LogP contribution in [0.5, 0.6) is 0 Å². The molecular weight excluding hydrogens is 226 g/mol. The summed E-state index contributed by atoms with van der Waals surface area (Å²) < 4.78 is 6.45. The maximum absolute atomic E-state index is 12.0. The van der Waals surface area contributed by atoms with E-state index < -0.39 is 0 Å². The van der Waals surface area contributed by atoms with Gasteiger partial charge in [-0.25, -0.2) is 0 Å². The number of nitrogens with zero attached hydrogens (tertiary/aromatic N) is 1. The molecule has 3 atom stereocenters. The molecule has 2 aliphatic carbocycles. The molecule has 18 heavy (non-hydrogen) atoms. The fourth-order valence-corrected chi connectivity index (χ4v) is 4.45. The van der Waals surface area contributed by atoms with E-state index in [0.717, 1.165) is 18.9 Å². The van der Waals surface area contributed by atoms with Crippen molar-refractivity contribution in [3.8, 4) is 0 Å². The highest BCUT2D eigenvalue weighted by Crippen LogP contribution is 2.55. The van der Waals surface area contributed by atoms with E-state index in [-0.39, 0.29) is 17.1 Å². The van der Waals surface area contributed by atoms with Crippen LogP contribution < -0.4 is 0 Å². The third kappa shape index (κ3) is 1.80. The van der Waals surface area contributed by atoms with Crippen molar-refractivity contribution in [3.63, 3.8) is 0 Å². The van der Waals surface area contributed by atoms with Crippen LogP contribution in [0.25, 0.3) is 0 Å². The summed E-state index contributed by atoms with van der Waals surface area (Å²) in [6.45, 7) is 9.26. The Bertz CT molecular complexity index is 390. The molecule has 3 aliphatic rings. The van der Waals surface area contributed by atoms with Crippen LogP contribution >= 0.6 is 0 Å². The van der Waals surface area contributed by atoms with Gasteiger partial charge in [0.2, 0.25) is 5.91 Å². The summed E-state index contributed by atoms with van der Waals surface area (Å²) in [5.74, 6) is 1.53. The van der Waals surface area contributed by atoms with Gasteiger partial charge in [-0.05, 0) is 57.4 Å². The molecular formula is C15H23NO2. The lowest BCUT2D eigenvalue weighted by molar-refractivity contribution is -0.216. The van der Waals surface area contributed by atoms with E-state index >= 15 is 0 Å². The van der Waals surface area contributed by atoms with Crippen LogP contribution in [0.1, 0.15) is 39.5 Å². The zero-order valence-corrected chi connectivity index (χ0v) is 11.4. The Labute approximate surface area is 109 Å². The highest BCUT2D eigenvalue weighted by molar-refractivity contribution is 5.87. The molecule has 0 radical (unpaired) electrons. The van der Waals surface area contributed by atoms with Gasteiger partial charge in [0, 0.05) is 6.54 Å². The predicted molar refractivity (Wildman–Crippen MR) is 70.1 cm³/mol. The normalized spacial score (nSPS) is 41.3. The van der Waals surface area contributed by atoms with Gasteiger partial charge in [0.15, 0.2) is 0 Å². The molecule has 100 valence electrons. The van der Waals surface area contributed by atoms with Gasteiger partial charge in [-0.15, -0.1) is 0 Å². The molecule has 0 aromatic carbocycles. The molecule has 0 N–H and O–H groups in total. The van der Waals surface area contributed by atoms with Crippen molar-refractivity contribution in [1.29, 1.82) is 0 Å². The minimum atomic E-state index is -0.235. The lowest BCUT2D eigenvalue weighted by atomic mass is 9.81. The third-order valence-electron chi connectivity index (χ3n) is 4.92. The number of amides is 1. The van der Waals surface area contributed by atoms with Crippen molar-refractivity contribution in [3.05, 3.63) is 12.7 Å². The smallest absolute Gasteiger partial charge is 0.246 e. The maximum Gasteiger partial charge on any atom is 0.246 e. The quantitative estimate of drug-likeness (QED) is 0.668. The molecule has 2 bridgehead atoms. The second-order valence-corrected chi connectivity index (χ2v) is 6.91. The van der Waals surface area contributed by atoms with E-state index in [2.05, 4.69) is 20.4 Å². The van der Waals surface area contributed by atoms with E-state index in [1.807, 2.05) is 4.90 Å². The third-order valence-corrected chi connectivity index (χ3v) is 4.92. The van der Waals surface area contributed by atoms with Gasteiger partial charge in [0.05, 0.1) is 17.7 Å². The summed E-state index contributed by atoms with van der Waals surface area (Å²) in [4.78, 5) is 13.9. The molecule has 3 fully saturated rings. The first kappa shape index (κ1) is 12.2. The molecule has 1 spiro atoms. The van der Waals surface area contributed by atoms with E-state index in [1.165, 1.54) is 25.3 Å². The van der Waals surface area contributed by atoms with E-state index in [0.29, 0.717) is 12.5 Å². The number of hydrogen-bond acceptors (Lipinski definition) is 2. The number of morpholine rings is 1. The largest absolute Gasteiger partial charge is 0.365 e. The minimum Gasteiger partial charge on any atom is -0.365 e. The number of rotatable bonds is 1. The second-order valence-electron chi connectivity index (χ2n) is 6.91. The lowest BCUT2D eigenvalue weighted by Crippen LogP contribution is -2.62. The number of carbonyl (C=O) groups is 1. The molecule has 0 aromatic heterocycles. The van der Waals surface area contributed by atoms with Crippen molar-refractivity contribution < 1.29 is 9.53 Å². The van der Waals surface area contributed by atoms with Crippen LogP contribution in [0.3, 0.4) is 0 Å². The van der Waals surface area contributed by atoms with Gasteiger partial charge >= 0.3 is 0 Å². The molecule has 1 heterocycles. The fourth-order valence-electron chi connectivity index (χ4n) is 4.45. The molecule has 3 nitrogen and oxygen atoms in total. The van der Waals surface area contributed by atoms with Crippen LogP contribution in [0, 0.1) is 11.8 Å². The summed E-state index contributed by atoms with van der Waals surface area (Å²) in [7, 11) is 0. The maximum atomic E-state index is 12.0. The summed E-state index contributed by atoms with van der Waals surface area (Å²) in [5, 5.41) is 0. The molecule has 2 saturated carbocycles. The van der Waals surface area contributed by atoms with Gasteiger partial charge < -0.3 is 9.64 Å². The first-order chi connectivity index (χ1) is 8.44. The zero-order chi connectivity index (χ0) is 13.0. The van der Waals surface area contributed by atoms with E-state index in [1.54, 1.807) is 0 Å². The Kier molecular flexibility index (Phi) is 2.60. The molecule has 3 heteroatoms. The Morgan fingerprint density at radius 3 is 2.72 bits per heavy atom. The fraction of sp³-hybridized carbons (Fsp3) is 0.800. The lowest BCUT2D eigenvalue weighted by Gasteiger charge is -2.52. The molecule has 0 aromatic rings. The molecule has 1 aliphatic heterocycles. The van der Waals surface area contributed by atoms with Crippen molar-refractivity contribution in [2.45, 2.75) is 50.7 Å². The number of fused-ring (bicyclic) bond motifs is 3. The topological polar surface area (TPSA) is 29.5 Å². The first-order valence-corrected chi connectivity index (χ1v) is 7.06. The standard InChI is InChI=1S/C15H23NO2/c1-4-13(17)16-9-14(2,3)18-15(10-16)8-11-5-6-12(15)7-11/h4,11-12H,1,5-10H2,2-3H3. The number of ether oxygens (including phenoxy) is 1. The van der Waals surface area contributed by atoms with Gasteiger partial charge in [-0.2, -0.15) is 0 Å². The van der Waals surface area contributed by atoms with Crippen molar-refractivity contribution in [2.24, 2.45) is 11.8 Å². The number of hydrogen-bond donors (Lipinski definition) is 0. The first-order valence-electron chi connectivity index (χ1n) is 7.06.